The molecule has 0 radical (unpaired) electrons. The second-order valence-corrected chi connectivity index (χ2v) is 6.66. The molecule has 3 heteroatoms. The largest absolute Gasteiger partial charge is 0.299 e. The molecule has 0 aromatic rings. The molecule has 2 saturated heterocycles. The molecule has 0 aromatic heterocycles. The Balaban J connectivity index is 2.07. The second kappa shape index (κ2) is 3.43. The molecular weight excluding hydrogens is 186 g/mol. The van der Waals surface area contributed by atoms with Gasteiger partial charge in [0.15, 0.2) is 0 Å². The van der Waals surface area contributed by atoms with Crippen molar-refractivity contribution in [3.8, 4) is 0 Å². The zero-order valence-electron chi connectivity index (χ0n) is 7.80. The van der Waals surface area contributed by atoms with Crippen molar-refractivity contribution in [2.24, 2.45) is 0 Å². The predicted octanol–water partition coefficient (Wildman–Crippen LogP) is 2.32. The van der Waals surface area contributed by atoms with Gasteiger partial charge in [-0.3, -0.25) is 5.32 Å². The van der Waals surface area contributed by atoms with Crippen molar-refractivity contribution in [1.29, 1.82) is 0 Å². The maximum atomic E-state index is 3.76. The summed E-state index contributed by atoms with van der Waals surface area (Å²) in [7, 11) is 0. The van der Waals surface area contributed by atoms with E-state index in [-0.39, 0.29) is 0 Å². The number of hydrogen-bond acceptors (Lipinski definition) is 3. The SMILES string of the molecule is CC1CSC2(CCCSC2C)N1. The third kappa shape index (κ3) is 1.51. The number of nitrogens with one attached hydrogen (secondary N) is 1. The van der Waals surface area contributed by atoms with Crippen LogP contribution < -0.4 is 5.32 Å². The molecular formula is C9H17NS2. The zero-order valence-corrected chi connectivity index (χ0v) is 9.43. The summed E-state index contributed by atoms with van der Waals surface area (Å²) in [6.07, 6.45) is 2.76. The maximum absolute atomic E-state index is 3.76. The van der Waals surface area contributed by atoms with Crippen LogP contribution in [0.2, 0.25) is 0 Å². The minimum atomic E-state index is 0.433. The zero-order chi connectivity index (χ0) is 8.60. The first-order valence-electron chi connectivity index (χ1n) is 4.76. The fourth-order valence-electron chi connectivity index (χ4n) is 2.09. The Bertz CT molecular complexity index is 170. The highest BCUT2D eigenvalue weighted by molar-refractivity contribution is 8.04. The van der Waals surface area contributed by atoms with Crippen molar-refractivity contribution in [3.63, 3.8) is 0 Å². The lowest BCUT2D eigenvalue weighted by atomic mass is 10.1. The Labute approximate surface area is 83.4 Å². The van der Waals surface area contributed by atoms with Gasteiger partial charge in [-0.1, -0.05) is 6.92 Å². The van der Waals surface area contributed by atoms with Crippen LogP contribution in [0.25, 0.3) is 0 Å². The first-order valence-corrected chi connectivity index (χ1v) is 6.80. The lowest BCUT2D eigenvalue weighted by molar-refractivity contribution is 0.411. The Hall–Kier alpha value is 0.660. The second-order valence-electron chi connectivity index (χ2n) is 3.86. The van der Waals surface area contributed by atoms with Crippen LogP contribution in [0.5, 0.6) is 0 Å². The van der Waals surface area contributed by atoms with E-state index in [4.69, 9.17) is 0 Å². The molecule has 0 aromatic carbocycles. The van der Waals surface area contributed by atoms with Crippen LogP contribution in [0, 0.1) is 0 Å². The van der Waals surface area contributed by atoms with Gasteiger partial charge in [0.05, 0.1) is 4.87 Å². The van der Waals surface area contributed by atoms with E-state index >= 15 is 0 Å². The van der Waals surface area contributed by atoms with Gasteiger partial charge in [-0.2, -0.15) is 11.8 Å². The lowest BCUT2D eigenvalue weighted by Gasteiger charge is -2.38. The Morgan fingerprint density at radius 2 is 2.25 bits per heavy atom. The van der Waals surface area contributed by atoms with Crippen LogP contribution in [-0.4, -0.2) is 27.7 Å². The van der Waals surface area contributed by atoms with Gasteiger partial charge in [0, 0.05) is 17.0 Å². The van der Waals surface area contributed by atoms with Crippen LogP contribution >= 0.6 is 23.5 Å². The van der Waals surface area contributed by atoms with Gasteiger partial charge in [-0.05, 0) is 25.5 Å². The van der Waals surface area contributed by atoms with E-state index in [1.54, 1.807) is 0 Å². The monoisotopic (exact) mass is 203 g/mol. The highest BCUT2D eigenvalue weighted by atomic mass is 32.2. The molecule has 3 atom stereocenters. The quantitative estimate of drug-likeness (QED) is 0.649. The molecule has 2 aliphatic rings. The third-order valence-electron chi connectivity index (χ3n) is 2.80. The van der Waals surface area contributed by atoms with Gasteiger partial charge in [-0.15, -0.1) is 11.8 Å². The molecule has 1 nitrogen and oxygen atoms in total. The first kappa shape index (κ1) is 9.22. The predicted molar refractivity (Wildman–Crippen MR) is 58.9 cm³/mol. The van der Waals surface area contributed by atoms with Gasteiger partial charge in [0.2, 0.25) is 0 Å². The Kier molecular flexibility index (Phi) is 2.64. The topological polar surface area (TPSA) is 12.0 Å². The Morgan fingerprint density at radius 1 is 1.42 bits per heavy atom. The molecule has 0 aliphatic carbocycles. The van der Waals surface area contributed by atoms with E-state index in [0.717, 1.165) is 11.3 Å². The smallest absolute Gasteiger partial charge is 0.0765 e. The summed E-state index contributed by atoms with van der Waals surface area (Å²) in [4.78, 5) is 0.433. The molecule has 2 fully saturated rings. The minimum Gasteiger partial charge on any atom is -0.299 e. The van der Waals surface area contributed by atoms with Gasteiger partial charge < -0.3 is 0 Å². The molecule has 0 bridgehead atoms. The van der Waals surface area contributed by atoms with Crippen molar-refractivity contribution in [1.82, 2.24) is 5.32 Å². The molecule has 70 valence electrons. The summed E-state index contributed by atoms with van der Waals surface area (Å²) >= 11 is 4.28. The van der Waals surface area contributed by atoms with Gasteiger partial charge in [-0.25, -0.2) is 0 Å². The summed E-state index contributed by atoms with van der Waals surface area (Å²) < 4.78 is 0. The molecule has 12 heavy (non-hydrogen) atoms. The lowest BCUT2D eigenvalue weighted by Crippen LogP contribution is -2.49. The maximum Gasteiger partial charge on any atom is 0.0765 e. The first-order chi connectivity index (χ1) is 5.73. The van der Waals surface area contributed by atoms with E-state index < -0.39 is 0 Å². The van der Waals surface area contributed by atoms with Gasteiger partial charge in [0.25, 0.3) is 0 Å². The molecule has 1 spiro atoms. The van der Waals surface area contributed by atoms with Crippen molar-refractivity contribution in [3.05, 3.63) is 0 Å². The Morgan fingerprint density at radius 3 is 2.83 bits per heavy atom. The van der Waals surface area contributed by atoms with Crippen LogP contribution in [0.3, 0.4) is 0 Å². The molecule has 2 aliphatic heterocycles. The van der Waals surface area contributed by atoms with Crippen molar-refractivity contribution in [2.45, 2.75) is 42.9 Å². The van der Waals surface area contributed by atoms with Gasteiger partial charge >= 0.3 is 0 Å². The average Bonchev–Trinajstić information content (AvgIpc) is 2.41. The number of thioether (sulfide) groups is 2. The summed E-state index contributed by atoms with van der Waals surface area (Å²) in [6, 6.07) is 0.719. The normalized spacial score (nSPS) is 48.5. The van der Waals surface area contributed by atoms with E-state index in [2.05, 4.69) is 42.7 Å². The number of hydrogen-bond donors (Lipinski definition) is 1. The number of rotatable bonds is 0. The van der Waals surface area contributed by atoms with Crippen LogP contribution in [-0.2, 0) is 0 Å². The highest BCUT2D eigenvalue weighted by Gasteiger charge is 2.43. The summed E-state index contributed by atoms with van der Waals surface area (Å²) in [5, 5.41) is 4.55. The van der Waals surface area contributed by atoms with Crippen molar-refractivity contribution >= 4 is 23.5 Å². The average molecular weight is 203 g/mol. The third-order valence-corrected chi connectivity index (χ3v) is 6.23. The molecule has 0 amide bonds. The molecule has 2 heterocycles. The molecule has 3 unspecified atom stereocenters. The van der Waals surface area contributed by atoms with Crippen molar-refractivity contribution in [2.75, 3.05) is 11.5 Å². The van der Waals surface area contributed by atoms with Crippen LogP contribution in [0.15, 0.2) is 0 Å². The summed E-state index contributed by atoms with van der Waals surface area (Å²) in [6.45, 7) is 4.68. The molecule has 0 saturated carbocycles. The van der Waals surface area contributed by atoms with Crippen LogP contribution in [0.1, 0.15) is 26.7 Å². The van der Waals surface area contributed by atoms with E-state index in [1.807, 2.05) is 0 Å². The standard InChI is InChI=1S/C9H17NS2/c1-7-6-12-9(10-7)4-3-5-11-8(9)2/h7-8,10H,3-6H2,1-2H3. The van der Waals surface area contributed by atoms with Gasteiger partial charge in [0.1, 0.15) is 0 Å². The highest BCUT2D eigenvalue weighted by Crippen LogP contribution is 2.45. The van der Waals surface area contributed by atoms with E-state index in [9.17, 15) is 0 Å². The summed E-state index contributed by atoms with van der Waals surface area (Å²) in [5.41, 5.74) is 0. The van der Waals surface area contributed by atoms with E-state index in [1.165, 1.54) is 24.3 Å². The minimum absolute atomic E-state index is 0.433. The molecule has 1 N–H and O–H groups in total. The fourth-order valence-corrected chi connectivity index (χ4v) is 5.05. The molecule has 2 rings (SSSR count). The van der Waals surface area contributed by atoms with E-state index in [0.29, 0.717) is 4.87 Å². The van der Waals surface area contributed by atoms with Crippen LogP contribution in [0.4, 0.5) is 0 Å². The summed E-state index contributed by atoms with van der Waals surface area (Å²) in [5.74, 6) is 2.66. The van der Waals surface area contributed by atoms with Crippen molar-refractivity contribution < 1.29 is 0 Å². The fraction of sp³-hybridized carbons (Fsp3) is 1.00.